The minimum absolute atomic E-state index is 0.00802. The Labute approximate surface area is 154 Å². The highest BCUT2D eigenvalue weighted by molar-refractivity contribution is 5.70. The molecule has 144 valence electrons. The molecule has 26 heavy (non-hydrogen) atoms. The fraction of sp³-hybridized carbons (Fsp3) is 0.474. The third kappa shape index (κ3) is 5.22. The van der Waals surface area contributed by atoms with Crippen LogP contribution >= 0.6 is 0 Å². The first-order valence-corrected chi connectivity index (χ1v) is 8.89. The fourth-order valence-electron chi connectivity index (χ4n) is 3.17. The van der Waals surface area contributed by atoms with E-state index in [1.807, 2.05) is 41.3 Å². The smallest absolute Gasteiger partial charge is 0.0606 e. The Morgan fingerprint density at radius 2 is 1.77 bits per heavy atom. The first kappa shape index (κ1) is 20.3. The molecule has 1 aromatic carbocycles. The Balaban J connectivity index is 2.13. The highest BCUT2D eigenvalue weighted by Gasteiger charge is 2.26. The SMILES string of the molecule is NC1=C(CNc2ccccc2N(CCO)CCO)CC(N)(CCO)C=C1. The average molecular weight is 362 g/mol. The summed E-state index contributed by atoms with van der Waals surface area (Å²) in [6, 6.07) is 7.76. The summed E-state index contributed by atoms with van der Waals surface area (Å²) in [6.07, 6.45) is 4.74. The van der Waals surface area contributed by atoms with Crippen LogP contribution in [0.3, 0.4) is 0 Å². The molecule has 0 saturated heterocycles. The largest absolute Gasteiger partial charge is 0.399 e. The van der Waals surface area contributed by atoms with Crippen LogP contribution in [-0.2, 0) is 0 Å². The van der Waals surface area contributed by atoms with Gasteiger partial charge in [-0.1, -0.05) is 18.2 Å². The number of nitrogens with zero attached hydrogens (tertiary/aromatic N) is 1. The van der Waals surface area contributed by atoms with Gasteiger partial charge in [0.05, 0.1) is 24.6 Å². The number of allylic oxidation sites excluding steroid dienone is 1. The molecule has 0 saturated carbocycles. The van der Waals surface area contributed by atoms with Gasteiger partial charge in [-0.25, -0.2) is 0 Å². The zero-order valence-electron chi connectivity index (χ0n) is 15.1. The maximum Gasteiger partial charge on any atom is 0.0606 e. The van der Waals surface area contributed by atoms with Crippen LogP contribution in [0.5, 0.6) is 0 Å². The molecule has 0 radical (unpaired) electrons. The number of rotatable bonds is 10. The van der Waals surface area contributed by atoms with Crippen LogP contribution in [0.2, 0.25) is 0 Å². The average Bonchev–Trinajstić information content (AvgIpc) is 2.63. The van der Waals surface area contributed by atoms with Crippen molar-refractivity contribution in [3.63, 3.8) is 0 Å². The predicted octanol–water partition coefficient (Wildman–Crippen LogP) is 0.142. The molecule has 1 aliphatic rings. The minimum Gasteiger partial charge on any atom is -0.399 e. The van der Waals surface area contributed by atoms with E-state index < -0.39 is 5.54 Å². The lowest BCUT2D eigenvalue weighted by molar-refractivity contribution is 0.255. The van der Waals surface area contributed by atoms with Crippen LogP contribution in [0.15, 0.2) is 47.7 Å². The Kier molecular flexibility index (Phi) is 7.47. The molecule has 0 amide bonds. The number of nitrogens with one attached hydrogen (secondary N) is 1. The number of aliphatic hydroxyl groups is 3. The van der Waals surface area contributed by atoms with Crippen LogP contribution in [0, 0.1) is 0 Å². The number of para-hydroxylation sites is 2. The number of benzene rings is 1. The quantitative estimate of drug-likeness (QED) is 0.349. The van der Waals surface area contributed by atoms with Gasteiger partial charge in [0.2, 0.25) is 0 Å². The Morgan fingerprint density at radius 1 is 1.08 bits per heavy atom. The van der Waals surface area contributed by atoms with Gasteiger partial charge in [0.15, 0.2) is 0 Å². The number of hydrogen-bond acceptors (Lipinski definition) is 7. The molecule has 1 unspecified atom stereocenters. The standard InChI is InChI=1S/C19H30N4O3/c20-16-5-6-19(21,7-10-24)13-15(16)14-22-17-3-1-2-4-18(17)23(8-11-25)9-12-26/h1-6,22,24-26H,7-14,20-21H2. The molecule has 7 heteroatoms. The second-order valence-electron chi connectivity index (χ2n) is 6.58. The lowest BCUT2D eigenvalue weighted by Gasteiger charge is -2.31. The van der Waals surface area contributed by atoms with Crippen molar-refractivity contribution in [3.05, 3.63) is 47.7 Å². The van der Waals surface area contributed by atoms with Gasteiger partial charge in [-0.3, -0.25) is 0 Å². The molecule has 1 atom stereocenters. The molecule has 0 aliphatic heterocycles. The lowest BCUT2D eigenvalue weighted by atomic mass is 9.83. The zero-order chi connectivity index (χ0) is 19.0. The molecule has 8 N–H and O–H groups in total. The van der Waals surface area contributed by atoms with Crippen LogP contribution in [0.25, 0.3) is 0 Å². The summed E-state index contributed by atoms with van der Waals surface area (Å²) in [5.41, 5.74) is 15.4. The summed E-state index contributed by atoms with van der Waals surface area (Å²) in [5, 5.41) is 31.2. The molecule has 1 aromatic rings. The van der Waals surface area contributed by atoms with Crippen molar-refractivity contribution in [2.24, 2.45) is 11.5 Å². The molecule has 0 fully saturated rings. The van der Waals surface area contributed by atoms with Gasteiger partial charge in [0.25, 0.3) is 0 Å². The highest BCUT2D eigenvalue weighted by atomic mass is 16.3. The summed E-state index contributed by atoms with van der Waals surface area (Å²) in [7, 11) is 0. The number of nitrogens with two attached hydrogens (primary N) is 2. The third-order valence-electron chi connectivity index (χ3n) is 4.60. The van der Waals surface area contributed by atoms with E-state index in [0.717, 1.165) is 16.9 Å². The number of hydrogen-bond donors (Lipinski definition) is 6. The second kappa shape index (κ2) is 9.59. The van der Waals surface area contributed by atoms with Crippen LogP contribution < -0.4 is 21.7 Å². The maximum absolute atomic E-state index is 9.28. The van der Waals surface area contributed by atoms with E-state index in [-0.39, 0.29) is 19.8 Å². The van der Waals surface area contributed by atoms with Crippen LogP contribution in [-0.4, -0.2) is 60.3 Å². The van der Waals surface area contributed by atoms with Crippen molar-refractivity contribution in [1.82, 2.24) is 0 Å². The van der Waals surface area contributed by atoms with E-state index in [1.165, 1.54) is 0 Å². The molecular formula is C19H30N4O3. The molecule has 1 aliphatic carbocycles. The van der Waals surface area contributed by atoms with Crippen molar-refractivity contribution in [2.45, 2.75) is 18.4 Å². The van der Waals surface area contributed by atoms with E-state index in [0.29, 0.717) is 38.2 Å². The lowest BCUT2D eigenvalue weighted by Crippen LogP contribution is -2.41. The normalized spacial score (nSPS) is 19.7. The van der Waals surface area contributed by atoms with Gasteiger partial charge in [0, 0.05) is 37.5 Å². The molecule has 2 rings (SSSR count). The summed E-state index contributed by atoms with van der Waals surface area (Å²) in [6.45, 7) is 1.46. The summed E-state index contributed by atoms with van der Waals surface area (Å²) >= 11 is 0. The molecule has 0 bridgehead atoms. The summed E-state index contributed by atoms with van der Waals surface area (Å²) < 4.78 is 0. The third-order valence-corrected chi connectivity index (χ3v) is 4.60. The van der Waals surface area contributed by atoms with Gasteiger partial charge in [-0.05, 0) is 36.6 Å². The molecule has 0 spiro atoms. The topological polar surface area (TPSA) is 128 Å². The summed E-state index contributed by atoms with van der Waals surface area (Å²) in [4.78, 5) is 1.93. The zero-order valence-corrected chi connectivity index (χ0v) is 15.1. The van der Waals surface area contributed by atoms with Gasteiger partial charge in [-0.2, -0.15) is 0 Å². The maximum atomic E-state index is 9.28. The van der Waals surface area contributed by atoms with Crippen molar-refractivity contribution in [3.8, 4) is 0 Å². The molecular weight excluding hydrogens is 332 g/mol. The molecule has 0 heterocycles. The first-order chi connectivity index (χ1) is 12.5. The van der Waals surface area contributed by atoms with Crippen LogP contribution in [0.4, 0.5) is 11.4 Å². The Morgan fingerprint density at radius 3 is 2.42 bits per heavy atom. The van der Waals surface area contributed by atoms with Gasteiger partial charge >= 0.3 is 0 Å². The van der Waals surface area contributed by atoms with Crippen molar-refractivity contribution < 1.29 is 15.3 Å². The Bertz CT molecular complexity index is 641. The van der Waals surface area contributed by atoms with Gasteiger partial charge in [0.1, 0.15) is 0 Å². The van der Waals surface area contributed by atoms with Crippen LogP contribution in [0.1, 0.15) is 12.8 Å². The second-order valence-corrected chi connectivity index (χ2v) is 6.58. The highest BCUT2D eigenvalue weighted by Crippen LogP contribution is 2.29. The van der Waals surface area contributed by atoms with E-state index in [2.05, 4.69) is 5.32 Å². The monoisotopic (exact) mass is 362 g/mol. The molecule has 7 nitrogen and oxygen atoms in total. The Hall–Kier alpha value is -2.06. The predicted molar refractivity (Wildman–Crippen MR) is 105 cm³/mol. The van der Waals surface area contributed by atoms with E-state index in [4.69, 9.17) is 11.5 Å². The van der Waals surface area contributed by atoms with E-state index in [9.17, 15) is 15.3 Å². The van der Waals surface area contributed by atoms with Crippen molar-refractivity contribution >= 4 is 11.4 Å². The van der Waals surface area contributed by atoms with E-state index >= 15 is 0 Å². The summed E-state index contributed by atoms with van der Waals surface area (Å²) in [5.74, 6) is 0. The van der Waals surface area contributed by atoms with Crippen molar-refractivity contribution in [1.29, 1.82) is 0 Å². The first-order valence-electron chi connectivity index (χ1n) is 8.89. The number of anilines is 2. The minimum atomic E-state index is -0.575. The number of aliphatic hydroxyl groups excluding tert-OH is 3. The van der Waals surface area contributed by atoms with Crippen molar-refractivity contribution in [2.75, 3.05) is 49.7 Å². The molecule has 0 aromatic heterocycles. The van der Waals surface area contributed by atoms with Gasteiger partial charge < -0.3 is 37.0 Å². The van der Waals surface area contributed by atoms with E-state index in [1.54, 1.807) is 0 Å². The van der Waals surface area contributed by atoms with Gasteiger partial charge in [-0.15, -0.1) is 0 Å². The fourth-order valence-corrected chi connectivity index (χ4v) is 3.17.